The molecule has 6 heteroatoms. The van der Waals surface area contributed by atoms with Crippen LogP contribution in [0.4, 0.5) is 5.69 Å². The monoisotopic (exact) mass is 210 g/mol. The summed E-state index contributed by atoms with van der Waals surface area (Å²) in [5, 5.41) is 20.9. The van der Waals surface area contributed by atoms with Crippen LogP contribution in [0.25, 0.3) is 16.7 Å². The molecule has 0 aliphatic rings. The molecule has 2 aromatic heterocycles. The SMILES string of the molecule is N#Cc1cnn2c1nnc1ccc(N)cc12. The minimum atomic E-state index is 0.400. The lowest BCUT2D eigenvalue weighted by Crippen LogP contribution is -1.97. The van der Waals surface area contributed by atoms with Crippen LogP contribution in [0, 0.1) is 11.3 Å². The summed E-state index contributed by atoms with van der Waals surface area (Å²) in [5.74, 6) is 0. The summed E-state index contributed by atoms with van der Waals surface area (Å²) in [7, 11) is 0. The van der Waals surface area contributed by atoms with Gasteiger partial charge >= 0.3 is 0 Å². The van der Waals surface area contributed by atoms with Crippen LogP contribution in [0.3, 0.4) is 0 Å². The molecule has 0 radical (unpaired) electrons. The molecule has 3 aromatic rings. The Balaban J connectivity index is 2.54. The van der Waals surface area contributed by atoms with Gasteiger partial charge in [0, 0.05) is 5.69 Å². The van der Waals surface area contributed by atoms with Crippen molar-refractivity contribution < 1.29 is 0 Å². The maximum atomic E-state index is 8.86. The molecule has 0 amide bonds. The zero-order valence-electron chi connectivity index (χ0n) is 8.12. The Morgan fingerprint density at radius 1 is 1.31 bits per heavy atom. The average molecular weight is 210 g/mol. The Labute approximate surface area is 89.9 Å². The van der Waals surface area contributed by atoms with Gasteiger partial charge in [0.05, 0.1) is 11.7 Å². The highest BCUT2D eigenvalue weighted by Crippen LogP contribution is 2.16. The molecule has 0 saturated heterocycles. The molecule has 0 unspecified atom stereocenters. The van der Waals surface area contributed by atoms with E-state index >= 15 is 0 Å². The highest BCUT2D eigenvalue weighted by molar-refractivity contribution is 5.80. The minimum absolute atomic E-state index is 0.400. The van der Waals surface area contributed by atoms with Gasteiger partial charge in [-0.2, -0.15) is 10.4 Å². The molecule has 2 N–H and O–H groups in total. The zero-order chi connectivity index (χ0) is 11.1. The largest absolute Gasteiger partial charge is 0.399 e. The van der Waals surface area contributed by atoms with E-state index < -0.39 is 0 Å². The first-order valence-electron chi connectivity index (χ1n) is 4.59. The van der Waals surface area contributed by atoms with Gasteiger partial charge in [-0.1, -0.05) is 0 Å². The second-order valence-corrected chi connectivity index (χ2v) is 3.35. The number of aromatic nitrogens is 4. The lowest BCUT2D eigenvalue weighted by molar-refractivity contribution is 0.943. The lowest BCUT2D eigenvalue weighted by Gasteiger charge is -2.00. The first kappa shape index (κ1) is 8.61. The number of nitrogen functional groups attached to an aromatic ring is 1. The van der Waals surface area contributed by atoms with Crippen LogP contribution in [-0.4, -0.2) is 19.8 Å². The van der Waals surface area contributed by atoms with Gasteiger partial charge in [0.25, 0.3) is 0 Å². The van der Waals surface area contributed by atoms with Crippen LogP contribution in [-0.2, 0) is 0 Å². The second-order valence-electron chi connectivity index (χ2n) is 3.35. The van der Waals surface area contributed by atoms with Gasteiger partial charge in [0.15, 0.2) is 5.65 Å². The van der Waals surface area contributed by atoms with Gasteiger partial charge in [-0.05, 0) is 18.2 Å². The topological polar surface area (TPSA) is 92.9 Å². The van der Waals surface area contributed by atoms with E-state index in [2.05, 4.69) is 15.3 Å². The van der Waals surface area contributed by atoms with Gasteiger partial charge in [-0.25, -0.2) is 4.52 Å². The smallest absolute Gasteiger partial charge is 0.195 e. The molecule has 0 saturated carbocycles. The third-order valence-electron chi connectivity index (χ3n) is 2.34. The standard InChI is InChI=1S/C10H6N6/c11-4-6-5-13-16-9-3-7(12)1-2-8(9)14-15-10(6)16/h1-3,5H,12H2. The highest BCUT2D eigenvalue weighted by atomic mass is 15.3. The van der Waals surface area contributed by atoms with Crippen molar-refractivity contribution in [2.75, 3.05) is 5.73 Å². The van der Waals surface area contributed by atoms with Crippen molar-refractivity contribution in [1.29, 1.82) is 5.26 Å². The molecule has 0 fully saturated rings. The van der Waals surface area contributed by atoms with Crippen molar-refractivity contribution in [3.05, 3.63) is 30.0 Å². The number of nitrogens with zero attached hydrogens (tertiary/aromatic N) is 5. The predicted molar refractivity (Wildman–Crippen MR) is 57.4 cm³/mol. The van der Waals surface area contributed by atoms with Crippen LogP contribution in [0.15, 0.2) is 24.4 Å². The predicted octanol–water partition coefficient (Wildman–Crippen LogP) is 0.731. The fourth-order valence-electron chi connectivity index (χ4n) is 1.59. The number of benzene rings is 1. The Kier molecular flexibility index (Phi) is 1.56. The number of nitriles is 1. The normalized spacial score (nSPS) is 10.7. The molecule has 16 heavy (non-hydrogen) atoms. The van der Waals surface area contributed by atoms with E-state index in [1.54, 1.807) is 22.7 Å². The molecule has 1 aromatic carbocycles. The molecular weight excluding hydrogens is 204 g/mol. The van der Waals surface area contributed by atoms with Crippen molar-refractivity contribution in [2.45, 2.75) is 0 Å². The van der Waals surface area contributed by atoms with Crippen LogP contribution < -0.4 is 5.73 Å². The van der Waals surface area contributed by atoms with Crippen LogP contribution in [0.2, 0.25) is 0 Å². The van der Waals surface area contributed by atoms with Crippen LogP contribution in [0.1, 0.15) is 5.56 Å². The molecule has 2 heterocycles. The average Bonchev–Trinajstić information content (AvgIpc) is 2.72. The van der Waals surface area contributed by atoms with Gasteiger partial charge < -0.3 is 5.73 Å². The van der Waals surface area contributed by atoms with Crippen molar-refractivity contribution in [2.24, 2.45) is 0 Å². The molecule has 0 spiro atoms. The number of anilines is 1. The summed E-state index contributed by atoms with van der Waals surface area (Å²) in [4.78, 5) is 0. The third-order valence-corrected chi connectivity index (χ3v) is 2.34. The van der Waals surface area contributed by atoms with E-state index in [0.717, 1.165) is 5.52 Å². The van der Waals surface area contributed by atoms with E-state index in [9.17, 15) is 0 Å². The highest BCUT2D eigenvalue weighted by Gasteiger charge is 2.08. The Morgan fingerprint density at radius 2 is 2.19 bits per heavy atom. The maximum Gasteiger partial charge on any atom is 0.195 e. The number of hydrogen-bond acceptors (Lipinski definition) is 5. The van der Waals surface area contributed by atoms with Crippen LogP contribution >= 0.6 is 0 Å². The summed E-state index contributed by atoms with van der Waals surface area (Å²) in [6, 6.07) is 7.28. The Morgan fingerprint density at radius 3 is 3.00 bits per heavy atom. The first-order valence-corrected chi connectivity index (χ1v) is 4.59. The van der Waals surface area contributed by atoms with Crippen molar-refractivity contribution in [3.8, 4) is 6.07 Å². The molecule has 0 bridgehead atoms. The molecular formula is C10H6N6. The number of fused-ring (bicyclic) bond motifs is 3. The molecule has 0 aliphatic heterocycles. The molecule has 0 aliphatic carbocycles. The Hall–Kier alpha value is -2.68. The fraction of sp³-hybridized carbons (Fsp3) is 0. The summed E-state index contributed by atoms with van der Waals surface area (Å²) in [6.07, 6.45) is 1.46. The van der Waals surface area contributed by atoms with Gasteiger partial charge in [0.2, 0.25) is 0 Å². The van der Waals surface area contributed by atoms with Crippen molar-refractivity contribution in [1.82, 2.24) is 19.8 Å². The lowest BCUT2D eigenvalue weighted by atomic mass is 10.3. The number of rotatable bonds is 0. The quantitative estimate of drug-likeness (QED) is 0.552. The third kappa shape index (κ3) is 1.02. The first-order chi connectivity index (χ1) is 7.79. The second kappa shape index (κ2) is 2.90. The summed E-state index contributed by atoms with van der Waals surface area (Å²) in [6.45, 7) is 0. The van der Waals surface area contributed by atoms with Gasteiger partial charge in [-0.15, -0.1) is 10.2 Å². The summed E-state index contributed by atoms with van der Waals surface area (Å²) < 4.78 is 1.57. The summed E-state index contributed by atoms with van der Waals surface area (Å²) >= 11 is 0. The molecule has 76 valence electrons. The minimum Gasteiger partial charge on any atom is -0.399 e. The van der Waals surface area contributed by atoms with E-state index in [1.807, 2.05) is 6.07 Å². The van der Waals surface area contributed by atoms with Crippen LogP contribution in [0.5, 0.6) is 0 Å². The number of hydrogen-bond donors (Lipinski definition) is 1. The van der Waals surface area contributed by atoms with E-state index in [4.69, 9.17) is 11.0 Å². The van der Waals surface area contributed by atoms with Gasteiger partial charge in [0.1, 0.15) is 17.1 Å². The van der Waals surface area contributed by atoms with E-state index in [0.29, 0.717) is 22.4 Å². The Bertz CT molecular complexity index is 736. The van der Waals surface area contributed by atoms with E-state index in [1.165, 1.54) is 6.20 Å². The number of nitrogens with two attached hydrogens (primary N) is 1. The fourth-order valence-corrected chi connectivity index (χ4v) is 1.59. The maximum absolute atomic E-state index is 8.86. The van der Waals surface area contributed by atoms with Gasteiger partial charge in [-0.3, -0.25) is 0 Å². The van der Waals surface area contributed by atoms with Crippen molar-refractivity contribution >= 4 is 22.4 Å². The molecule has 6 nitrogen and oxygen atoms in total. The zero-order valence-corrected chi connectivity index (χ0v) is 8.12. The summed E-state index contributed by atoms with van der Waals surface area (Å²) in [5.41, 5.74) is 8.60. The molecule has 3 rings (SSSR count). The van der Waals surface area contributed by atoms with E-state index in [-0.39, 0.29) is 0 Å². The molecule has 0 atom stereocenters. The van der Waals surface area contributed by atoms with Crippen molar-refractivity contribution in [3.63, 3.8) is 0 Å².